The quantitative estimate of drug-likeness (QED) is 0.885. The van der Waals surface area contributed by atoms with Crippen molar-refractivity contribution in [3.8, 4) is 0 Å². The summed E-state index contributed by atoms with van der Waals surface area (Å²) in [6.45, 7) is 6.08. The van der Waals surface area contributed by atoms with Gasteiger partial charge in [0.1, 0.15) is 0 Å². The maximum atomic E-state index is 4.16. The Morgan fingerprint density at radius 1 is 1.44 bits per heavy atom. The molecule has 0 radical (unpaired) electrons. The first kappa shape index (κ1) is 13.7. The van der Waals surface area contributed by atoms with Crippen LogP contribution in [0.25, 0.3) is 0 Å². The van der Waals surface area contributed by atoms with Crippen molar-refractivity contribution in [2.24, 2.45) is 0 Å². The smallest absolute Gasteiger partial charge is 0.0858 e. The van der Waals surface area contributed by atoms with E-state index < -0.39 is 0 Å². The molecule has 0 saturated heterocycles. The van der Waals surface area contributed by atoms with Gasteiger partial charge < -0.3 is 5.32 Å². The summed E-state index contributed by atoms with van der Waals surface area (Å²) in [6.07, 6.45) is 2.92. The molecular weight excluding hydrogens is 312 g/mol. The molecule has 2 aromatic rings. The summed E-state index contributed by atoms with van der Waals surface area (Å²) in [5.74, 6) is 0. The third-order valence-electron chi connectivity index (χ3n) is 2.67. The zero-order valence-electron chi connectivity index (χ0n) is 10.6. The molecule has 6 heteroatoms. The Labute approximate surface area is 120 Å². The summed E-state index contributed by atoms with van der Waals surface area (Å²) in [5, 5.41) is 11.7. The second kappa shape index (κ2) is 6.45. The van der Waals surface area contributed by atoms with Gasteiger partial charge in [-0.2, -0.15) is 0 Å². The normalized spacial score (nSPS) is 12.8. The number of nitrogens with one attached hydrogen (secondary N) is 1. The van der Waals surface area contributed by atoms with Gasteiger partial charge in [0, 0.05) is 11.4 Å². The van der Waals surface area contributed by atoms with E-state index in [0.717, 1.165) is 29.0 Å². The summed E-state index contributed by atoms with van der Waals surface area (Å²) >= 11 is 5.26. The molecule has 2 rings (SSSR count). The second-order valence-electron chi connectivity index (χ2n) is 4.01. The Morgan fingerprint density at radius 2 is 2.28 bits per heavy atom. The van der Waals surface area contributed by atoms with Crippen LogP contribution in [-0.2, 0) is 6.54 Å². The average Bonchev–Trinajstić information content (AvgIpc) is 2.96. The minimum absolute atomic E-state index is 0.174. The molecule has 0 aliphatic rings. The minimum Gasteiger partial charge on any atom is -0.305 e. The van der Waals surface area contributed by atoms with Crippen LogP contribution in [-0.4, -0.2) is 21.5 Å². The number of aryl methyl sites for hydroxylation is 1. The molecule has 2 heterocycles. The lowest BCUT2D eigenvalue weighted by Crippen LogP contribution is -2.24. The molecule has 0 aliphatic heterocycles. The maximum absolute atomic E-state index is 4.16. The van der Waals surface area contributed by atoms with E-state index in [1.807, 2.05) is 10.9 Å². The van der Waals surface area contributed by atoms with Gasteiger partial charge in [-0.3, -0.25) is 0 Å². The van der Waals surface area contributed by atoms with Crippen molar-refractivity contribution in [3.63, 3.8) is 0 Å². The molecule has 0 aromatic carbocycles. The summed E-state index contributed by atoms with van der Waals surface area (Å²) in [7, 11) is 0. The van der Waals surface area contributed by atoms with Crippen molar-refractivity contribution in [2.45, 2.75) is 32.9 Å². The molecule has 0 fully saturated rings. The zero-order chi connectivity index (χ0) is 13.0. The lowest BCUT2D eigenvalue weighted by molar-refractivity contribution is 0.514. The van der Waals surface area contributed by atoms with Crippen LogP contribution in [0, 0.1) is 0 Å². The second-order valence-corrected chi connectivity index (χ2v) is 6.51. The van der Waals surface area contributed by atoms with Crippen molar-refractivity contribution >= 4 is 27.3 Å². The average molecular weight is 329 g/mol. The van der Waals surface area contributed by atoms with Gasteiger partial charge in [0.15, 0.2) is 0 Å². The van der Waals surface area contributed by atoms with Gasteiger partial charge in [-0.1, -0.05) is 19.1 Å². The summed E-state index contributed by atoms with van der Waals surface area (Å²) in [5.41, 5.74) is 1.13. The largest absolute Gasteiger partial charge is 0.305 e. The third-order valence-corrected chi connectivity index (χ3v) is 4.35. The standard InChI is InChI=1S/C12H17BrN4S/c1-3-7-17-9(8-15-16-17)12(14-4-2)10-5-6-11(13)18-10/h5-6,8,12,14H,3-4,7H2,1-2H3. The van der Waals surface area contributed by atoms with Gasteiger partial charge in [0.05, 0.1) is 21.7 Å². The minimum atomic E-state index is 0.174. The Morgan fingerprint density at radius 3 is 2.89 bits per heavy atom. The topological polar surface area (TPSA) is 42.7 Å². The van der Waals surface area contributed by atoms with E-state index in [4.69, 9.17) is 0 Å². The van der Waals surface area contributed by atoms with Gasteiger partial charge in [0.25, 0.3) is 0 Å². The monoisotopic (exact) mass is 328 g/mol. The third kappa shape index (κ3) is 2.99. The van der Waals surface area contributed by atoms with E-state index in [2.05, 4.69) is 57.5 Å². The van der Waals surface area contributed by atoms with E-state index >= 15 is 0 Å². The van der Waals surface area contributed by atoms with Gasteiger partial charge in [-0.25, -0.2) is 4.68 Å². The van der Waals surface area contributed by atoms with E-state index in [-0.39, 0.29) is 6.04 Å². The Kier molecular flexibility index (Phi) is 4.91. The molecule has 0 spiro atoms. The number of rotatable bonds is 6. The molecule has 98 valence electrons. The fraction of sp³-hybridized carbons (Fsp3) is 0.500. The highest BCUT2D eigenvalue weighted by molar-refractivity contribution is 9.11. The molecule has 1 atom stereocenters. The summed E-state index contributed by atoms with van der Waals surface area (Å²) in [4.78, 5) is 1.28. The van der Waals surface area contributed by atoms with Crippen LogP contribution >= 0.6 is 27.3 Å². The molecule has 1 N–H and O–H groups in total. The molecule has 0 bridgehead atoms. The first-order valence-electron chi connectivity index (χ1n) is 6.13. The van der Waals surface area contributed by atoms with Crippen molar-refractivity contribution in [1.29, 1.82) is 0 Å². The van der Waals surface area contributed by atoms with E-state index in [1.54, 1.807) is 11.3 Å². The number of thiophene rings is 1. The zero-order valence-corrected chi connectivity index (χ0v) is 13.0. The predicted molar refractivity (Wildman–Crippen MR) is 77.9 cm³/mol. The van der Waals surface area contributed by atoms with Gasteiger partial charge in [-0.05, 0) is 41.0 Å². The Hall–Kier alpha value is -0.720. The highest BCUT2D eigenvalue weighted by Gasteiger charge is 2.19. The van der Waals surface area contributed by atoms with Crippen LogP contribution in [0.4, 0.5) is 0 Å². The van der Waals surface area contributed by atoms with Crippen LogP contribution in [0.2, 0.25) is 0 Å². The lowest BCUT2D eigenvalue weighted by atomic mass is 10.2. The molecule has 0 amide bonds. The summed E-state index contributed by atoms with van der Waals surface area (Å²) < 4.78 is 3.14. The van der Waals surface area contributed by atoms with Gasteiger partial charge in [-0.15, -0.1) is 16.4 Å². The van der Waals surface area contributed by atoms with Gasteiger partial charge >= 0.3 is 0 Å². The Balaban J connectivity index is 2.31. The number of hydrogen-bond acceptors (Lipinski definition) is 4. The van der Waals surface area contributed by atoms with Crippen molar-refractivity contribution < 1.29 is 0 Å². The molecule has 0 saturated carbocycles. The first-order valence-corrected chi connectivity index (χ1v) is 7.74. The van der Waals surface area contributed by atoms with Crippen LogP contribution in [0.5, 0.6) is 0 Å². The SMILES string of the molecule is CCCn1nncc1C(NCC)c1ccc(Br)s1. The fourth-order valence-electron chi connectivity index (χ4n) is 1.91. The molecule has 2 aromatic heterocycles. The molecule has 4 nitrogen and oxygen atoms in total. The number of nitrogens with zero attached hydrogens (tertiary/aromatic N) is 3. The van der Waals surface area contributed by atoms with E-state index in [0.29, 0.717) is 0 Å². The number of halogens is 1. The van der Waals surface area contributed by atoms with E-state index in [9.17, 15) is 0 Å². The fourth-order valence-corrected chi connectivity index (χ4v) is 3.43. The maximum Gasteiger partial charge on any atom is 0.0858 e. The van der Waals surface area contributed by atoms with Crippen molar-refractivity contribution in [2.75, 3.05) is 6.54 Å². The lowest BCUT2D eigenvalue weighted by Gasteiger charge is -2.17. The molecular formula is C12H17BrN4S. The van der Waals surface area contributed by atoms with Crippen molar-refractivity contribution in [1.82, 2.24) is 20.3 Å². The number of hydrogen-bond donors (Lipinski definition) is 1. The molecule has 18 heavy (non-hydrogen) atoms. The van der Waals surface area contributed by atoms with Crippen LogP contribution in [0.1, 0.15) is 36.9 Å². The first-order chi connectivity index (χ1) is 8.76. The van der Waals surface area contributed by atoms with Crippen molar-refractivity contribution in [3.05, 3.63) is 32.7 Å². The highest BCUT2D eigenvalue weighted by atomic mass is 79.9. The van der Waals surface area contributed by atoms with Crippen LogP contribution in [0.15, 0.2) is 22.1 Å². The van der Waals surface area contributed by atoms with Gasteiger partial charge in [0.2, 0.25) is 0 Å². The Bertz CT molecular complexity index is 494. The number of aromatic nitrogens is 3. The van der Waals surface area contributed by atoms with E-state index in [1.165, 1.54) is 4.88 Å². The van der Waals surface area contributed by atoms with Crippen LogP contribution in [0.3, 0.4) is 0 Å². The molecule has 1 unspecified atom stereocenters. The highest BCUT2D eigenvalue weighted by Crippen LogP contribution is 2.30. The van der Waals surface area contributed by atoms with Crippen LogP contribution < -0.4 is 5.32 Å². The predicted octanol–water partition coefficient (Wildman–Crippen LogP) is 3.21. The molecule has 0 aliphatic carbocycles. The summed E-state index contributed by atoms with van der Waals surface area (Å²) in [6, 6.07) is 4.40.